The lowest BCUT2D eigenvalue weighted by Gasteiger charge is -2.17. The first-order chi connectivity index (χ1) is 17.8. The maximum Gasteiger partial charge on any atom is 0.335 e. The summed E-state index contributed by atoms with van der Waals surface area (Å²) >= 11 is 6.38. The number of nitrogens with one attached hydrogen (secondary N) is 1. The molecule has 0 saturated carbocycles. The zero-order valence-electron chi connectivity index (χ0n) is 20.0. The monoisotopic (exact) mass is 532 g/mol. The molecular formula is C29H26ClFN4O3. The molecule has 0 unspecified atom stereocenters. The largest absolute Gasteiger partial charge is 0.490 e. The predicted molar refractivity (Wildman–Crippen MR) is 147 cm³/mol. The standard InChI is InChI=1S/C28H22ClFN4O3.CH4/c1-15(2)37-23-5-3-4-22(30)24(23)26-21-12-18(29)8-11-20(21)25-17(13-31-26)14-32-28(34-25)33-19-9-6-16(7-10-19)27(35)36;/h3-12,14-15H,13H2,1-2H3,(H,35,36)(H,32,33,34);1H4. The summed E-state index contributed by atoms with van der Waals surface area (Å²) < 4.78 is 21.2. The van der Waals surface area contributed by atoms with Crippen molar-refractivity contribution in [3.8, 4) is 17.0 Å². The van der Waals surface area contributed by atoms with E-state index < -0.39 is 11.8 Å². The third-order valence-electron chi connectivity index (χ3n) is 5.73. The number of hydrogen-bond acceptors (Lipinski definition) is 6. The lowest BCUT2D eigenvalue weighted by atomic mass is 9.94. The summed E-state index contributed by atoms with van der Waals surface area (Å²) in [5, 5.41) is 12.7. The van der Waals surface area contributed by atoms with E-state index in [9.17, 15) is 4.79 Å². The van der Waals surface area contributed by atoms with Crippen molar-refractivity contribution in [3.05, 3.63) is 100.0 Å². The highest BCUT2D eigenvalue weighted by molar-refractivity contribution is 6.31. The van der Waals surface area contributed by atoms with Crippen molar-refractivity contribution >= 4 is 34.9 Å². The van der Waals surface area contributed by atoms with E-state index in [0.717, 1.165) is 11.1 Å². The van der Waals surface area contributed by atoms with Gasteiger partial charge in [-0.25, -0.2) is 19.2 Å². The molecule has 0 spiro atoms. The Balaban J connectivity index is 0.00000336. The van der Waals surface area contributed by atoms with Gasteiger partial charge < -0.3 is 15.2 Å². The summed E-state index contributed by atoms with van der Waals surface area (Å²) in [7, 11) is 0. The van der Waals surface area contributed by atoms with Crippen LogP contribution in [0.2, 0.25) is 5.02 Å². The van der Waals surface area contributed by atoms with Gasteiger partial charge in [-0.1, -0.05) is 31.2 Å². The summed E-state index contributed by atoms with van der Waals surface area (Å²) in [5.41, 5.74) is 4.23. The molecule has 0 aliphatic carbocycles. The van der Waals surface area contributed by atoms with E-state index in [-0.39, 0.29) is 31.2 Å². The zero-order valence-corrected chi connectivity index (χ0v) is 20.8. The Morgan fingerprint density at radius 1 is 1.11 bits per heavy atom. The average molecular weight is 533 g/mol. The van der Waals surface area contributed by atoms with Gasteiger partial charge in [0.05, 0.1) is 35.2 Å². The van der Waals surface area contributed by atoms with Gasteiger partial charge in [0.25, 0.3) is 0 Å². The summed E-state index contributed by atoms with van der Waals surface area (Å²) in [4.78, 5) is 25.1. The first kappa shape index (κ1) is 26.8. The molecule has 3 aromatic carbocycles. The van der Waals surface area contributed by atoms with Gasteiger partial charge in [0, 0.05) is 33.6 Å². The summed E-state index contributed by atoms with van der Waals surface area (Å²) in [5.74, 6) is -0.743. The van der Waals surface area contributed by atoms with E-state index in [1.54, 1.807) is 42.6 Å². The van der Waals surface area contributed by atoms with E-state index in [2.05, 4.69) is 10.3 Å². The maximum atomic E-state index is 15.3. The van der Waals surface area contributed by atoms with Gasteiger partial charge in [-0.2, -0.15) is 0 Å². The van der Waals surface area contributed by atoms with Gasteiger partial charge in [0.15, 0.2) is 0 Å². The van der Waals surface area contributed by atoms with Crippen LogP contribution < -0.4 is 10.1 Å². The number of nitrogens with zero attached hydrogens (tertiary/aromatic N) is 3. The van der Waals surface area contributed by atoms with Gasteiger partial charge in [-0.05, 0) is 62.4 Å². The normalized spacial score (nSPS) is 12.0. The second-order valence-corrected chi connectivity index (χ2v) is 9.15. The molecule has 0 fully saturated rings. The number of anilines is 2. The average Bonchev–Trinajstić information content (AvgIpc) is 3.01. The number of hydrogen-bond donors (Lipinski definition) is 2. The van der Waals surface area contributed by atoms with Crippen LogP contribution in [-0.2, 0) is 6.54 Å². The molecule has 4 aromatic rings. The molecule has 0 saturated heterocycles. The van der Waals surface area contributed by atoms with Gasteiger partial charge in [0.2, 0.25) is 5.95 Å². The smallest absolute Gasteiger partial charge is 0.335 e. The Hall–Kier alpha value is -4.30. The summed E-state index contributed by atoms with van der Waals surface area (Å²) in [6, 6.07) is 16.3. The molecule has 2 heterocycles. The van der Waals surface area contributed by atoms with Crippen LogP contribution in [0.25, 0.3) is 11.3 Å². The number of rotatable bonds is 6. The molecule has 2 N–H and O–H groups in total. The Bertz CT molecular complexity index is 1540. The number of ether oxygens (including phenoxy) is 1. The quantitative estimate of drug-likeness (QED) is 0.273. The number of carboxylic acid groups (broad SMARTS) is 1. The van der Waals surface area contributed by atoms with Crippen LogP contribution in [0.1, 0.15) is 48.3 Å². The van der Waals surface area contributed by atoms with Crippen LogP contribution in [0.15, 0.2) is 71.9 Å². The van der Waals surface area contributed by atoms with E-state index in [4.69, 9.17) is 31.4 Å². The molecular weight excluding hydrogens is 507 g/mol. The van der Waals surface area contributed by atoms with Crippen molar-refractivity contribution in [2.45, 2.75) is 33.9 Å². The molecule has 9 heteroatoms. The van der Waals surface area contributed by atoms with Crippen molar-refractivity contribution in [2.24, 2.45) is 4.99 Å². The maximum absolute atomic E-state index is 15.3. The number of aliphatic imine (C=N–C) groups is 1. The van der Waals surface area contributed by atoms with Gasteiger partial charge in [-0.15, -0.1) is 0 Å². The van der Waals surface area contributed by atoms with Crippen LogP contribution in [0.3, 0.4) is 0 Å². The number of fused-ring (bicyclic) bond motifs is 3. The highest BCUT2D eigenvalue weighted by Crippen LogP contribution is 2.36. The van der Waals surface area contributed by atoms with Crippen LogP contribution in [0.4, 0.5) is 16.0 Å². The molecule has 1 aromatic heterocycles. The fourth-order valence-corrected chi connectivity index (χ4v) is 4.28. The number of aromatic nitrogens is 2. The number of aromatic carboxylic acids is 1. The minimum atomic E-state index is -1.00. The Kier molecular flexibility index (Phi) is 7.73. The first-order valence-electron chi connectivity index (χ1n) is 11.6. The van der Waals surface area contributed by atoms with Crippen LogP contribution in [0, 0.1) is 5.82 Å². The molecule has 0 amide bonds. The van der Waals surface area contributed by atoms with E-state index in [1.165, 1.54) is 18.2 Å². The van der Waals surface area contributed by atoms with E-state index in [1.807, 2.05) is 19.9 Å². The fraction of sp³-hybridized carbons (Fsp3) is 0.172. The highest BCUT2D eigenvalue weighted by atomic mass is 35.5. The predicted octanol–water partition coefficient (Wildman–Crippen LogP) is 7.15. The summed E-state index contributed by atoms with van der Waals surface area (Å²) in [6.07, 6.45) is 1.51. The topological polar surface area (TPSA) is 96.7 Å². The molecule has 1 aliphatic rings. The number of benzene rings is 3. The number of carbonyl (C=O) groups is 1. The van der Waals surface area contributed by atoms with Crippen molar-refractivity contribution in [1.82, 2.24) is 9.97 Å². The highest BCUT2D eigenvalue weighted by Gasteiger charge is 2.26. The van der Waals surface area contributed by atoms with Crippen LogP contribution in [-0.4, -0.2) is 32.9 Å². The number of halogens is 2. The minimum Gasteiger partial charge on any atom is -0.490 e. The molecule has 7 nitrogen and oxygen atoms in total. The molecule has 1 aliphatic heterocycles. The minimum absolute atomic E-state index is 0. The number of carboxylic acids is 1. The van der Waals surface area contributed by atoms with Crippen LogP contribution in [0.5, 0.6) is 5.75 Å². The molecule has 0 bridgehead atoms. The van der Waals surface area contributed by atoms with E-state index in [0.29, 0.717) is 39.4 Å². The lowest BCUT2D eigenvalue weighted by molar-refractivity contribution is 0.0697. The SMILES string of the molecule is C.CC(C)Oc1cccc(F)c1C1=NCc2cnc(Nc3ccc(C(=O)O)cc3)nc2-c2ccc(Cl)cc21. The molecule has 0 radical (unpaired) electrons. The molecule has 38 heavy (non-hydrogen) atoms. The van der Waals surface area contributed by atoms with Crippen molar-refractivity contribution in [3.63, 3.8) is 0 Å². The van der Waals surface area contributed by atoms with Crippen LogP contribution >= 0.6 is 11.6 Å². The van der Waals surface area contributed by atoms with Crippen molar-refractivity contribution in [2.75, 3.05) is 5.32 Å². The summed E-state index contributed by atoms with van der Waals surface area (Å²) in [6.45, 7) is 3.98. The lowest BCUT2D eigenvalue weighted by Crippen LogP contribution is -2.14. The Morgan fingerprint density at radius 2 is 1.87 bits per heavy atom. The third kappa shape index (κ3) is 5.35. The van der Waals surface area contributed by atoms with Gasteiger partial charge in [0.1, 0.15) is 11.6 Å². The fourth-order valence-electron chi connectivity index (χ4n) is 4.11. The van der Waals surface area contributed by atoms with Crippen molar-refractivity contribution in [1.29, 1.82) is 0 Å². The Labute approximate surface area is 225 Å². The van der Waals surface area contributed by atoms with Gasteiger partial charge >= 0.3 is 5.97 Å². The van der Waals surface area contributed by atoms with Gasteiger partial charge in [-0.3, -0.25) is 4.99 Å². The molecule has 194 valence electrons. The first-order valence-corrected chi connectivity index (χ1v) is 11.9. The Morgan fingerprint density at radius 3 is 2.58 bits per heavy atom. The van der Waals surface area contributed by atoms with Crippen molar-refractivity contribution < 1.29 is 19.0 Å². The second kappa shape index (κ2) is 11.0. The molecule has 0 atom stereocenters. The second-order valence-electron chi connectivity index (χ2n) is 8.71. The van der Waals surface area contributed by atoms with E-state index >= 15 is 4.39 Å². The zero-order chi connectivity index (χ0) is 26.1. The molecule has 5 rings (SSSR count). The third-order valence-corrected chi connectivity index (χ3v) is 5.96.